The lowest BCUT2D eigenvalue weighted by Crippen LogP contribution is -2.48. The number of piperazine rings is 1. The van der Waals surface area contributed by atoms with Crippen molar-refractivity contribution in [1.29, 1.82) is 5.26 Å². The molecule has 2 aromatic rings. The number of rotatable bonds is 7. The number of unbranched alkanes of at least 4 members (excludes halogenated alkanes) is 2. The second-order valence-electron chi connectivity index (χ2n) is 8.37. The number of aromatic hydroxyl groups is 2. The molecule has 3 N–H and O–H groups in total. The number of hydrogen-bond acceptors (Lipinski definition) is 5. The molecule has 0 spiro atoms. The zero-order valence-corrected chi connectivity index (χ0v) is 19.2. The van der Waals surface area contributed by atoms with Crippen LogP contribution in [-0.4, -0.2) is 68.5 Å². The van der Waals surface area contributed by atoms with Gasteiger partial charge >= 0.3 is 12.3 Å². The monoisotopic (exact) mass is 492 g/mol. The Kier molecular flexibility index (Phi) is 7.96. The highest BCUT2D eigenvalue weighted by molar-refractivity contribution is 5.66. The Morgan fingerprint density at radius 2 is 1.83 bits per heavy atom. The summed E-state index contributed by atoms with van der Waals surface area (Å²) in [5.41, 5.74) is -1.20. The van der Waals surface area contributed by atoms with Crippen LogP contribution in [0.2, 0.25) is 0 Å². The third kappa shape index (κ3) is 5.89. The molecule has 2 heterocycles. The molecule has 1 aliphatic heterocycles. The van der Waals surface area contributed by atoms with Gasteiger partial charge in [-0.1, -0.05) is 12.2 Å². The van der Waals surface area contributed by atoms with E-state index in [1.165, 1.54) is 17.0 Å². The molecular formula is C24H27F3N4O4. The van der Waals surface area contributed by atoms with E-state index in [-0.39, 0.29) is 11.6 Å². The largest absolute Gasteiger partial charge is 0.494 e. The summed E-state index contributed by atoms with van der Waals surface area (Å²) in [4.78, 5) is 14.6. The van der Waals surface area contributed by atoms with Crippen LogP contribution < -0.4 is 0 Å². The first-order valence-electron chi connectivity index (χ1n) is 11.2. The predicted molar refractivity (Wildman–Crippen MR) is 122 cm³/mol. The lowest BCUT2D eigenvalue weighted by molar-refractivity contribution is -0.137. The van der Waals surface area contributed by atoms with Gasteiger partial charge in [-0.25, -0.2) is 4.79 Å². The minimum Gasteiger partial charge on any atom is -0.494 e. The molecule has 1 aromatic heterocycles. The van der Waals surface area contributed by atoms with E-state index >= 15 is 0 Å². The van der Waals surface area contributed by atoms with E-state index in [1.54, 1.807) is 13.0 Å². The van der Waals surface area contributed by atoms with Crippen molar-refractivity contribution in [2.75, 3.05) is 32.7 Å². The van der Waals surface area contributed by atoms with Crippen LogP contribution in [0.5, 0.6) is 11.8 Å². The van der Waals surface area contributed by atoms with Crippen LogP contribution in [0.4, 0.5) is 18.0 Å². The molecule has 1 aliphatic rings. The van der Waals surface area contributed by atoms with Crippen LogP contribution in [0, 0.1) is 18.3 Å². The zero-order valence-electron chi connectivity index (χ0n) is 19.2. The maximum absolute atomic E-state index is 13.3. The number of carbonyl (C=O) groups is 1. The molecule has 0 radical (unpaired) electrons. The third-order valence-electron chi connectivity index (χ3n) is 6.11. The maximum atomic E-state index is 13.3. The fourth-order valence-electron chi connectivity index (χ4n) is 4.09. The van der Waals surface area contributed by atoms with Gasteiger partial charge in [-0.05, 0) is 50.9 Å². The van der Waals surface area contributed by atoms with Gasteiger partial charge in [-0.15, -0.1) is 0 Å². The average Bonchev–Trinajstić information content (AvgIpc) is 3.03. The molecule has 11 heteroatoms. The smallest absolute Gasteiger partial charge is 0.417 e. The summed E-state index contributed by atoms with van der Waals surface area (Å²) < 4.78 is 40.9. The van der Waals surface area contributed by atoms with Gasteiger partial charge in [0.2, 0.25) is 11.8 Å². The Balaban J connectivity index is 1.63. The molecule has 0 bridgehead atoms. The van der Waals surface area contributed by atoms with Crippen LogP contribution in [0.25, 0.3) is 11.8 Å². The fraction of sp³-hybridized carbons (Fsp3) is 0.417. The van der Waals surface area contributed by atoms with Crippen molar-refractivity contribution < 1.29 is 33.3 Å². The molecule has 0 atom stereocenters. The molecule has 1 aromatic carbocycles. The average molecular weight is 492 g/mol. The molecule has 0 unspecified atom stereocenters. The molecule has 1 amide bonds. The number of nitriles is 1. The molecule has 1 fully saturated rings. The van der Waals surface area contributed by atoms with Crippen molar-refractivity contribution in [3.63, 3.8) is 0 Å². The summed E-state index contributed by atoms with van der Waals surface area (Å²) >= 11 is 0. The number of allylic oxidation sites excluding steroid dienone is 1. The van der Waals surface area contributed by atoms with Crippen molar-refractivity contribution >= 4 is 12.2 Å². The highest BCUT2D eigenvalue weighted by atomic mass is 19.4. The summed E-state index contributed by atoms with van der Waals surface area (Å²) in [5, 5.41) is 39.1. The summed E-state index contributed by atoms with van der Waals surface area (Å²) in [5.74, 6) is -0.786. The predicted octanol–water partition coefficient (Wildman–Crippen LogP) is 4.57. The summed E-state index contributed by atoms with van der Waals surface area (Å²) in [6, 6.07) is 4.46. The first-order chi connectivity index (χ1) is 16.5. The molecular weight excluding hydrogens is 465 g/mol. The minimum absolute atomic E-state index is 0.114. The number of nitrogens with zero attached hydrogens (tertiary/aromatic N) is 4. The molecule has 0 aliphatic carbocycles. The van der Waals surface area contributed by atoms with Gasteiger partial charge in [0.25, 0.3) is 0 Å². The van der Waals surface area contributed by atoms with Crippen molar-refractivity contribution in [3.05, 3.63) is 46.5 Å². The van der Waals surface area contributed by atoms with Gasteiger partial charge in [-0.3, -0.25) is 9.47 Å². The van der Waals surface area contributed by atoms with Gasteiger partial charge in [0.15, 0.2) is 0 Å². The molecule has 0 saturated carbocycles. The van der Waals surface area contributed by atoms with E-state index in [2.05, 4.69) is 4.90 Å². The Morgan fingerprint density at radius 3 is 2.43 bits per heavy atom. The Bertz CT molecular complexity index is 1140. The second-order valence-corrected chi connectivity index (χ2v) is 8.37. The van der Waals surface area contributed by atoms with Gasteiger partial charge in [0.05, 0.1) is 22.9 Å². The SMILES string of the molecule is Cc1c(C=CCCCCN2CCN(C(=O)O)CC2)c(O)n(-c2ccc(C#N)c(C(F)(F)F)c2)c1O. The van der Waals surface area contributed by atoms with E-state index in [1.807, 2.05) is 6.08 Å². The Morgan fingerprint density at radius 1 is 1.14 bits per heavy atom. The lowest BCUT2D eigenvalue weighted by atomic mass is 10.1. The molecule has 8 nitrogen and oxygen atoms in total. The first-order valence-corrected chi connectivity index (χ1v) is 11.2. The molecule has 1 saturated heterocycles. The number of halogens is 3. The van der Waals surface area contributed by atoms with E-state index in [0.717, 1.165) is 36.1 Å². The fourth-order valence-corrected chi connectivity index (χ4v) is 4.09. The van der Waals surface area contributed by atoms with Crippen LogP contribution in [0.3, 0.4) is 0 Å². The van der Waals surface area contributed by atoms with Crippen molar-refractivity contribution in [1.82, 2.24) is 14.4 Å². The molecule has 35 heavy (non-hydrogen) atoms. The van der Waals surface area contributed by atoms with E-state index < -0.39 is 29.3 Å². The standard InChI is InChI=1S/C24H27F3N4O4/c1-16-19(6-4-2-3-5-9-29-10-12-30(13-11-29)23(34)35)22(33)31(21(16)32)18-8-7-17(15-28)20(14-18)24(25,26)27/h4,6-8,14,32-33H,2-3,5,9-13H2,1H3,(H,34,35). The number of amides is 1. The topological polar surface area (TPSA) is 113 Å². The Labute approximate surface area is 200 Å². The van der Waals surface area contributed by atoms with Gasteiger partial charge in [0, 0.05) is 37.3 Å². The summed E-state index contributed by atoms with van der Waals surface area (Å²) in [6.07, 6.45) is 0.242. The highest BCUT2D eigenvalue weighted by Crippen LogP contribution is 2.39. The molecule has 3 rings (SSSR count). The summed E-state index contributed by atoms with van der Waals surface area (Å²) in [6.45, 7) is 4.80. The van der Waals surface area contributed by atoms with Gasteiger partial charge in [-0.2, -0.15) is 18.4 Å². The molecule has 188 valence electrons. The quantitative estimate of drug-likeness (QED) is 0.488. The summed E-state index contributed by atoms with van der Waals surface area (Å²) in [7, 11) is 0. The number of carboxylic acid groups (broad SMARTS) is 1. The van der Waals surface area contributed by atoms with Crippen LogP contribution in [0.1, 0.15) is 41.5 Å². The van der Waals surface area contributed by atoms with Gasteiger partial charge in [0.1, 0.15) is 0 Å². The minimum atomic E-state index is -4.76. The Hall–Kier alpha value is -3.65. The van der Waals surface area contributed by atoms with Crippen molar-refractivity contribution in [2.45, 2.75) is 32.4 Å². The van der Waals surface area contributed by atoms with E-state index in [0.29, 0.717) is 43.7 Å². The third-order valence-corrected chi connectivity index (χ3v) is 6.11. The number of aromatic nitrogens is 1. The van der Waals surface area contributed by atoms with Crippen molar-refractivity contribution in [3.8, 4) is 23.5 Å². The second kappa shape index (κ2) is 10.7. The number of alkyl halides is 3. The zero-order chi connectivity index (χ0) is 25.8. The van der Waals surface area contributed by atoms with Crippen LogP contribution >= 0.6 is 0 Å². The number of hydrogen-bond donors (Lipinski definition) is 3. The van der Waals surface area contributed by atoms with Gasteiger partial charge < -0.3 is 20.2 Å². The number of benzene rings is 1. The normalized spacial score (nSPS) is 15.0. The maximum Gasteiger partial charge on any atom is 0.417 e. The van der Waals surface area contributed by atoms with E-state index in [9.17, 15) is 28.2 Å². The first kappa shape index (κ1) is 26.0. The lowest BCUT2D eigenvalue weighted by Gasteiger charge is -2.32. The van der Waals surface area contributed by atoms with Crippen LogP contribution in [0.15, 0.2) is 24.3 Å². The van der Waals surface area contributed by atoms with E-state index in [4.69, 9.17) is 10.4 Å². The highest BCUT2D eigenvalue weighted by Gasteiger charge is 2.34. The van der Waals surface area contributed by atoms with Crippen molar-refractivity contribution in [2.24, 2.45) is 0 Å². The van der Waals surface area contributed by atoms with Crippen LogP contribution in [-0.2, 0) is 6.18 Å².